The molecule has 0 spiro atoms. The summed E-state index contributed by atoms with van der Waals surface area (Å²) in [6.07, 6.45) is 6.90. The van der Waals surface area contributed by atoms with Crippen LogP contribution in [0.1, 0.15) is 11.3 Å². The van der Waals surface area contributed by atoms with Crippen molar-refractivity contribution in [3.8, 4) is 0 Å². The quantitative estimate of drug-likeness (QED) is 0.691. The highest BCUT2D eigenvalue weighted by atomic mass is 19.1. The van der Waals surface area contributed by atoms with Crippen molar-refractivity contribution in [3.63, 3.8) is 0 Å². The number of hydrogen-bond acceptors (Lipinski definition) is 3. The van der Waals surface area contributed by atoms with E-state index < -0.39 is 0 Å². The topological polar surface area (TPSA) is 43.1 Å². The van der Waals surface area contributed by atoms with E-state index in [0.29, 0.717) is 5.78 Å². The molecule has 3 rings (SSSR count). The summed E-state index contributed by atoms with van der Waals surface area (Å²) >= 11 is 0. The molecule has 0 atom stereocenters. The first-order valence-corrected chi connectivity index (χ1v) is 5.41. The van der Waals surface area contributed by atoms with Crippen LogP contribution < -0.4 is 0 Å². The molecule has 18 heavy (non-hydrogen) atoms. The van der Waals surface area contributed by atoms with Gasteiger partial charge in [0.25, 0.3) is 5.78 Å². The maximum atomic E-state index is 12.8. The van der Waals surface area contributed by atoms with Crippen molar-refractivity contribution in [3.05, 3.63) is 59.9 Å². The van der Waals surface area contributed by atoms with Gasteiger partial charge in [-0.25, -0.2) is 9.37 Å². The minimum Gasteiger partial charge on any atom is -0.220 e. The van der Waals surface area contributed by atoms with Gasteiger partial charge < -0.3 is 0 Å². The van der Waals surface area contributed by atoms with Crippen LogP contribution in [0.5, 0.6) is 0 Å². The Morgan fingerprint density at radius 3 is 2.67 bits per heavy atom. The number of aromatic nitrogens is 4. The van der Waals surface area contributed by atoms with Gasteiger partial charge in [0.2, 0.25) is 0 Å². The van der Waals surface area contributed by atoms with Crippen molar-refractivity contribution < 1.29 is 4.39 Å². The molecule has 0 bridgehead atoms. The van der Waals surface area contributed by atoms with Gasteiger partial charge >= 0.3 is 0 Å². The van der Waals surface area contributed by atoms with Crippen molar-refractivity contribution >= 4 is 17.9 Å². The van der Waals surface area contributed by atoms with E-state index in [1.165, 1.54) is 18.5 Å². The lowest BCUT2D eigenvalue weighted by molar-refractivity contribution is 0.628. The second-order valence-electron chi connectivity index (χ2n) is 3.73. The number of benzene rings is 1. The molecule has 0 aliphatic rings. The van der Waals surface area contributed by atoms with Crippen molar-refractivity contribution in [1.82, 2.24) is 19.6 Å². The van der Waals surface area contributed by atoms with Gasteiger partial charge in [-0.1, -0.05) is 18.2 Å². The largest absolute Gasteiger partial charge is 0.252 e. The summed E-state index contributed by atoms with van der Waals surface area (Å²) in [5, 5.41) is 4.08. The van der Waals surface area contributed by atoms with Crippen LogP contribution in [0.4, 0.5) is 4.39 Å². The number of halogens is 1. The van der Waals surface area contributed by atoms with E-state index in [-0.39, 0.29) is 5.82 Å². The first-order chi connectivity index (χ1) is 8.83. The zero-order valence-electron chi connectivity index (χ0n) is 9.36. The highest BCUT2D eigenvalue weighted by molar-refractivity contribution is 5.68. The third-order valence-electron chi connectivity index (χ3n) is 2.53. The van der Waals surface area contributed by atoms with Crippen LogP contribution in [0.3, 0.4) is 0 Å². The first-order valence-electron chi connectivity index (χ1n) is 5.41. The Hall–Kier alpha value is -2.56. The van der Waals surface area contributed by atoms with Gasteiger partial charge in [0.15, 0.2) is 0 Å². The molecule has 5 heteroatoms. The molecule has 0 aliphatic carbocycles. The van der Waals surface area contributed by atoms with Crippen LogP contribution >= 0.6 is 0 Å². The second kappa shape index (κ2) is 4.37. The van der Waals surface area contributed by atoms with Gasteiger partial charge in [0, 0.05) is 6.20 Å². The van der Waals surface area contributed by atoms with Crippen molar-refractivity contribution in [2.75, 3.05) is 0 Å². The number of fused-ring (bicyclic) bond motifs is 1. The Morgan fingerprint density at radius 1 is 1.00 bits per heavy atom. The van der Waals surface area contributed by atoms with Crippen molar-refractivity contribution in [1.29, 1.82) is 0 Å². The van der Waals surface area contributed by atoms with Crippen LogP contribution in [-0.2, 0) is 0 Å². The van der Waals surface area contributed by atoms with E-state index in [1.807, 2.05) is 18.2 Å². The smallest absolute Gasteiger partial charge is 0.220 e. The van der Waals surface area contributed by atoms with E-state index in [9.17, 15) is 4.39 Å². The average molecular weight is 240 g/mol. The summed E-state index contributed by atoms with van der Waals surface area (Å²) in [7, 11) is 0. The minimum absolute atomic E-state index is 0.241. The summed E-state index contributed by atoms with van der Waals surface area (Å²) in [5.41, 5.74) is 1.78. The summed E-state index contributed by atoms with van der Waals surface area (Å²) in [6, 6.07) is 8.12. The zero-order chi connectivity index (χ0) is 12.4. The maximum Gasteiger partial charge on any atom is 0.252 e. The normalized spacial score (nSPS) is 11.4. The fourth-order valence-electron chi connectivity index (χ4n) is 1.64. The van der Waals surface area contributed by atoms with Crippen LogP contribution in [0.2, 0.25) is 0 Å². The van der Waals surface area contributed by atoms with Gasteiger partial charge in [-0.3, -0.25) is 0 Å². The molecule has 0 N–H and O–H groups in total. The van der Waals surface area contributed by atoms with Crippen LogP contribution in [0.25, 0.3) is 17.9 Å². The van der Waals surface area contributed by atoms with Gasteiger partial charge in [-0.2, -0.15) is 14.6 Å². The fourth-order valence-corrected chi connectivity index (χ4v) is 1.64. The van der Waals surface area contributed by atoms with E-state index in [4.69, 9.17) is 0 Å². The molecule has 0 radical (unpaired) electrons. The Kier molecular flexibility index (Phi) is 2.57. The molecule has 2 heterocycles. The molecule has 0 aliphatic heterocycles. The van der Waals surface area contributed by atoms with Gasteiger partial charge in [0.05, 0.1) is 5.69 Å². The van der Waals surface area contributed by atoms with Gasteiger partial charge in [0.1, 0.15) is 12.1 Å². The van der Waals surface area contributed by atoms with E-state index in [0.717, 1.165) is 11.3 Å². The second-order valence-corrected chi connectivity index (χ2v) is 3.73. The van der Waals surface area contributed by atoms with E-state index in [2.05, 4.69) is 15.1 Å². The lowest BCUT2D eigenvalue weighted by Gasteiger charge is -1.97. The Bertz CT molecular complexity index is 700. The van der Waals surface area contributed by atoms with Crippen LogP contribution in [0, 0.1) is 5.82 Å². The highest BCUT2D eigenvalue weighted by Crippen LogP contribution is 2.09. The van der Waals surface area contributed by atoms with Crippen molar-refractivity contribution in [2.45, 2.75) is 0 Å². The van der Waals surface area contributed by atoms with Crippen molar-refractivity contribution in [2.24, 2.45) is 0 Å². The molecule has 4 nitrogen and oxygen atoms in total. The molecule has 0 amide bonds. The standard InChI is InChI=1S/C13H9FN4/c14-11-4-1-10(2-5-11)3-6-12-7-8-15-13-16-9-17-18(12)13/h1-9H. The monoisotopic (exact) mass is 240 g/mol. The summed E-state index contributed by atoms with van der Waals surface area (Å²) in [4.78, 5) is 8.08. The number of hydrogen-bond donors (Lipinski definition) is 0. The Morgan fingerprint density at radius 2 is 1.83 bits per heavy atom. The molecule has 2 aromatic heterocycles. The summed E-state index contributed by atoms with van der Waals surface area (Å²) in [5.74, 6) is 0.311. The molecule has 0 fully saturated rings. The number of nitrogens with zero attached hydrogens (tertiary/aromatic N) is 4. The Balaban J connectivity index is 1.96. The molecular formula is C13H9FN4. The average Bonchev–Trinajstić information content (AvgIpc) is 2.87. The molecular weight excluding hydrogens is 231 g/mol. The molecule has 0 saturated heterocycles. The molecule has 88 valence electrons. The number of rotatable bonds is 2. The first kappa shape index (κ1) is 10.6. The van der Waals surface area contributed by atoms with Crippen LogP contribution in [0.15, 0.2) is 42.9 Å². The lowest BCUT2D eigenvalue weighted by Crippen LogP contribution is -1.94. The fraction of sp³-hybridized carbons (Fsp3) is 0. The summed E-state index contributed by atoms with van der Waals surface area (Å²) < 4.78 is 14.4. The molecule has 3 aromatic rings. The highest BCUT2D eigenvalue weighted by Gasteiger charge is 1.99. The summed E-state index contributed by atoms with van der Waals surface area (Å²) in [6.45, 7) is 0. The van der Waals surface area contributed by atoms with Gasteiger partial charge in [-0.05, 0) is 29.8 Å². The zero-order valence-corrected chi connectivity index (χ0v) is 9.36. The van der Waals surface area contributed by atoms with E-state index >= 15 is 0 Å². The van der Waals surface area contributed by atoms with E-state index in [1.54, 1.807) is 22.8 Å². The lowest BCUT2D eigenvalue weighted by atomic mass is 10.2. The predicted molar refractivity (Wildman–Crippen MR) is 66.1 cm³/mol. The predicted octanol–water partition coefficient (Wildman–Crippen LogP) is 2.43. The van der Waals surface area contributed by atoms with Gasteiger partial charge in [-0.15, -0.1) is 0 Å². The molecule has 1 aromatic carbocycles. The SMILES string of the molecule is Fc1ccc(C=Cc2ccnc3ncnn23)cc1. The minimum atomic E-state index is -0.241. The van der Waals surface area contributed by atoms with Crippen LogP contribution in [-0.4, -0.2) is 19.6 Å². The third kappa shape index (κ3) is 1.98. The Labute approximate surface area is 102 Å². The third-order valence-corrected chi connectivity index (χ3v) is 2.53. The molecule has 0 saturated carbocycles. The maximum absolute atomic E-state index is 12.8. The molecule has 0 unspecified atom stereocenters.